The number of furan rings is 1. The lowest BCUT2D eigenvalue weighted by atomic mass is 10.1. The molecule has 0 aliphatic heterocycles. The molecule has 0 unspecified atom stereocenters. The number of carbonyl (C=O) groups excluding carboxylic acids is 1. The zero-order valence-electron chi connectivity index (χ0n) is 12.8. The van der Waals surface area contributed by atoms with Crippen LogP contribution in [-0.2, 0) is 10.0 Å². The van der Waals surface area contributed by atoms with Gasteiger partial charge in [-0.2, -0.15) is 0 Å². The van der Waals surface area contributed by atoms with Crippen LogP contribution in [0.3, 0.4) is 0 Å². The third-order valence-electron chi connectivity index (χ3n) is 3.50. The molecule has 2 N–H and O–H groups in total. The van der Waals surface area contributed by atoms with E-state index >= 15 is 0 Å². The molecule has 130 valence electrons. The number of amides is 1. The average Bonchev–Trinajstić information content (AvgIpc) is 2.89. The summed E-state index contributed by atoms with van der Waals surface area (Å²) in [4.78, 5) is 13.3. The van der Waals surface area contributed by atoms with E-state index in [0.29, 0.717) is 34.7 Å². The van der Waals surface area contributed by atoms with Crippen molar-refractivity contribution in [3.05, 3.63) is 65.4 Å². The van der Waals surface area contributed by atoms with Crippen LogP contribution in [0.5, 0.6) is 0 Å². The summed E-state index contributed by atoms with van der Waals surface area (Å²) in [5, 5.41) is 0.711. The molecule has 3 rings (SSSR count). The van der Waals surface area contributed by atoms with Gasteiger partial charge in [-0.3, -0.25) is 10.2 Å². The first-order valence-corrected chi connectivity index (χ1v) is 8.52. The second kappa shape index (κ2) is 6.26. The number of nitrogens with one attached hydrogen (secondary N) is 2. The summed E-state index contributed by atoms with van der Waals surface area (Å²) < 4.78 is 55.8. The number of sulfonamides is 1. The Bertz CT molecular complexity index is 1060. The number of carbonyl (C=O) groups is 1. The molecular formula is C16H12F2N2O4S. The topological polar surface area (TPSA) is 88.4 Å². The monoisotopic (exact) mass is 366 g/mol. The zero-order valence-corrected chi connectivity index (χ0v) is 13.7. The van der Waals surface area contributed by atoms with E-state index in [4.69, 9.17) is 4.42 Å². The predicted molar refractivity (Wildman–Crippen MR) is 85.1 cm³/mol. The third kappa shape index (κ3) is 3.37. The fraction of sp³-hybridized carbons (Fsp3) is 0.0625. The number of fused-ring (bicyclic) bond motifs is 1. The Morgan fingerprint density at radius 1 is 1.08 bits per heavy atom. The van der Waals surface area contributed by atoms with Gasteiger partial charge in [-0.15, -0.1) is 4.83 Å². The first kappa shape index (κ1) is 17.1. The van der Waals surface area contributed by atoms with Crippen molar-refractivity contribution in [2.24, 2.45) is 0 Å². The smallest absolute Gasteiger partial charge is 0.302 e. The van der Waals surface area contributed by atoms with Crippen molar-refractivity contribution in [1.29, 1.82) is 0 Å². The van der Waals surface area contributed by atoms with Crippen molar-refractivity contribution < 1.29 is 26.4 Å². The van der Waals surface area contributed by atoms with E-state index in [-0.39, 0.29) is 5.76 Å². The number of benzene rings is 2. The molecule has 0 atom stereocenters. The van der Waals surface area contributed by atoms with Crippen molar-refractivity contribution in [1.82, 2.24) is 10.3 Å². The number of halogens is 2. The van der Waals surface area contributed by atoms with Gasteiger partial charge in [0.2, 0.25) is 0 Å². The average molecular weight is 366 g/mol. The maximum absolute atomic E-state index is 13.2. The van der Waals surface area contributed by atoms with Gasteiger partial charge < -0.3 is 4.42 Å². The highest BCUT2D eigenvalue weighted by Gasteiger charge is 2.21. The molecular weight excluding hydrogens is 354 g/mol. The van der Waals surface area contributed by atoms with Crippen molar-refractivity contribution in [3.8, 4) is 0 Å². The lowest BCUT2D eigenvalue weighted by Gasteiger charge is -2.08. The molecule has 3 aromatic rings. The van der Waals surface area contributed by atoms with Gasteiger partial charge in [0.25, 0.3) is 10.0 Å². The quantitative estimate of drug-likeness (QED) is 0.695. The SMILES string of the molecule is Cc1c(C(=O)NNS(=O)(=O)c2cc(F)cc(F)c2)oc2ccccc12. The summed E-state index contributed by atoms with van der Waals surface area (Å²) in [5.74, 6) is -3.02. The standard InChI is InChI=1S/C16H12F2N2O4S/c1-9-13-4-2-3-5-14(13)24-15(9)16(21)19-20-25(22,23)12-7-10(17)6-11(18)8-12/h2-8,20H,1H3,(H,19,21). The van der Waals surface area contributed by atoms with Gasteiger partial charge >= 0.3 is 5.91 Å². The van der Waals surface area contributed by atoms with Gasteiger partial charge in [-0.05, 0) is 25.1 Å². The van der Waals surface area contributed by atoms with Crippen LogP contribution in [0, 0.1) is 18.6 Å². The van der Waals surface area contributed by atoms with Crippen LogP contribution in [0.15, 0.2) is 51.8 Å². The van der Waals surface area contributed by atoms with Crippen LogP contribution >= 0.6 is 0 Å². The fourth-order valence-corrected chi connectivity index (χ4v) is 3.18. The van der Waals surface area contributed by atoms with Crippen molar-refractivity contribution in [3.63, 3.8) is 0 Å². The number of para-hydroxylation sites is 1. The highest BCUT2D eigenvalue weighted by atomic mass is 32.2. The Morgan fingerprint density at radius 3 is 2.36 bits per heavy atom. The molecule has 0 radical (unpaired) electrons. The molecule has 0 saturated heterocycles. The summed E-state index contributed by atoms with van der Waals surface area (Å²) in [6.45, 7) is 1.65. The Hall–Kier alpha value is -2.78. The lowest BCUT2D eigenvalue weighted by Crippen LogP contribution is -2.41. The number of hydrogen-bond acceptors (Lipinski definition) is 4. The summed E-state index contributed by atoms with van der Waals surface area (Å²) in [5.41, 5.74) is 2.97. The normalized spacial score (nSPS) is 11.6. The van der Waals surface area contributed by atoms with E-state index in [1.165, 1.54) is 0 Å². The highest BCUT2D eigenvalue weighted by molar-refractivity contribution is 7.89. The van der Waals surface area contributed by atoms with E-state index in [9.17, 15) is 22.0 Å². The molecule has 0 aliphatic rings. The van der Waals surface area contributed by atoms with Crippen LogP contribution < -0.4 is 10.3 Å². The van der Waals surface area contributed by atoms with E-state index < -0.39 is 32.5 Å². The molecule has 6 nitrogen and oxygen atoms in total. The maximum Gasteiger partial charge on any atom is 0.302 e. The Balaban J connectivity index is 1.82. The zero-order chi connectivity index (χ0) is 18.2. The molecule has 9 heteroatoms. The van der Waals surface area contributed by atoms with Gasteiger partial charge in [-0.25, -0.2) is 17.2 Å². The summed E-state index contributed by atoms with van der Waals surface area (Å²) in [6, 6.07) is 8.72. The van der Waals surface area contributed by atoms with E-state index in [2.05, 4.69) is 0 Å². The first-order valence-electron chi connectivity index (χ1n) is 7.04. The van der Waals surface area contributed by atoms with Crippen LogP contribution in [0.25, 0.3) is 11.0 Å². The number of aryl methyl sites for hydroxylation is 1. The minimum absolute atomic E-state index is 0.0747. The van der Waals surface area contributed by atoms with Crippen LogP contribution in [0.4, 0.5) is 8.78 Å². The summed E-state index contributed by atoms with van der Waals surface area (Å²) in [6.07, 6.45) is 0. The first-order chi connectivity index (χ1) is 11.8. The van der Waals surface area contributed by atoms with E-state index in [1.54, 1.807) is 36.0 Å². The lowest BCUT2D eigenvalue weighted by molar-refractivity contribution is 0.0918. The molecule has 0 aliphatic carbocycles. The van der Waals surface area contributed by atoms with Gasteiger partial charge in [-0.1, -0.05) is 18.2 Å². The Kier molecular flexibility index (Phi) is 4.27. The molecule has 1 amide bonds. The molecule has 0 saturated carbocycles. The Labute approximate surface area is 141 Å². The molecule has 1 heterocycles. The summed E-state index contributed by atoms with van der Waals surface area (Å²) in [7, 11) is -4.35. The second-order valence-corrected chi connectivity index (χ2v) is 6.90. The van der Waals surface area contributed by atoms with E-state index in [1.807, 2.05) is 5.43 Å². The van der Waals surface area contributed by atoms with Crippen LogP contribution in [0.2, 0.25) is 0 Å². The number of hydrazine groups is 1. The summed E-state index contributed by atoms with van der Waals surface area (Å²) >= 11 is 0. The molecule has 25 heavy (non-hydrogen) atoms. The van der Waals surface area contributed by atoms with Gasteiger partial charge in [0.05, 0.1) is 4.90 Å². The minimum Gasteiger partial charge on any atom is -0.451 e. The van der Waals surface area contributed by atoms with Crippen LogP contribution in [0.1, 0.15) is 16.1 Å². The second-order valence-electron chi connectivity index (χ2n) is 5.22. The van der Waals surface area contributed by atoms with Crippen LogP contribution in [-0.4, -0.2) is 14.3 Å². The highest BCUT2D eigenvalue weighted by Crippen LogP contribution is 2.24. The molecule has 2 aromatic carbocycles. The van der Waals surface area contributed by atoms with Crippen molar-refractivity contribution >= 4 is 26.9 Å². The number of hydrogen-bond donors (Lipinski definition) is 2. The third-order valence-corrected chi connectivity index (χ3v) is 4.72. The van der Waals surface area contributed by atoms with Crippen molar-refractivity contribution in [2.45, 2.75) is 11.8 Å². The van der Waals surface area contributed by atoms with Crippen molar-refractivity contribution in [2.75, 3.05) is 0 Å². The van der Waals surface area contributed by atoms with E-state index in [0.717, 1.165) is 0 Å². The Morgan fingerprint density at radius 2 is 1.72 bits per heavy atom. The fourth-order valence-electron chi connectivity index (χ4n) is 2.30. The maximum atomic E-state index is 13.2. The molecule has 0 spiro atoms. The number of rotatable bonds is 4. The molecule has 0 bridgehead atoms. The molecule has 1 aromatic heterocycles. The largest absolute Gasteiger partial charge is 0.451 e. The predicted octanol–water partition coefficient (Wildman–Crippen LogP) is 2.64. The van der Waals surface area contributed by atoms with Gasteiger partial charge in [0.15, 0.2) is 5.76 Å². The van der Waals surface area contributed by atoms with Gasteiger partial charge in [0, 0.05) is 17.0 Å². The molecule has 0 fully saturated rings. The minimum atomic E-state index is -4.35. The van der Waals surface area contributed by atoms with Gasteiger partial charge in [0.1, 0.15) is 17.2 Å².